The van der Waals surface area contributed by atoms with Gasteiger partial charge >= 0.3 is 6.18 Å². The highest BCUT2D eigenvalue weighted by molar-refractivity contribution is 5.85. The van der Waals surface area contributed by atoms with E-state index >= 15 is 0 Å². The van der Waals surface area contributed by atoms with Gasteiger partial charge in [-0.15, -0.1) is 0 Å². The molecule has 16 heavy (non-hydrogen) atoms. The molecule has 1 heterocycles. The Labute approximate surface area is 89.8 Å². The molecule has 0 bridgehead atoms. The van der Waals surface area contributed by atoms with Gasteiger partial charge in [0.05, 0.1) is 11.8 Å². The first-order valence-electron chi connectivity index (χ1n) is 4.80. The number of furan rings is 1. The summed E-state index contributed by atoms with van der Waals surface area (Å²) in [6.45, 7) is 0.292. The maximum atomic E-state index is 12.7. The average Bonchev–Trinajstić information content (AvgIpc) is 2.61. The number of nitrogens with two attached hydrogens (primary N) is 1. The molecule has 0 atom stereocenters. The van der Waals surface area contributed by atoms with Gasteiger partial charge in [0, 0.05) is 10.9 Å². The summed E-state index contributed by atoms with van der Waals surface area (Å²) in [6, 6.07) is 3.91. The summed E-state index contributed by atoms with van der Waals surface area (Å²) in [4.78, 5) is 0. The second-order valence-corrected chi connectivity index (χ2v) is 3.48. The average molecular weight is 229 g/mol. The van der Waals surface area contributed by atoms with Crippen molar-refractivity contribution in [1.82, 2.24) is 0 Å². The van der Waals surface area contributed by atoms with Crippen LogP contribution in [0.3, 0.4) is 0 Å². The second kappa shape index (κ2) is 3.83. The summed E-state index contributed by atoms with van der Waals surface area (Å²) in [5.74, 6) is 0. The number of alkyl halides is 3. The Morgan fingerprint density at radius 2 is 2.00 bits per heavy atom. The lowest BCUT2D eigenvalue weighted by Crippen LogP contribution is -2.07. The quantitative estimate of drug-likeness (QED) is 0.859. The van der Waals surface area contributed by atoms with Crippen molar-refractivity contribution in [2.24, 2.45) is 5.73 Å². The number of fused-ring (bicyclic) bond motifs is 1. The Morgan fingerprint density at radius 3 is 2.62 bits per heavy atom. The van der Waals surface area contributed by atoms with Crippen molar-refractivity contribution in [3.63, 3.8) is 0 Å². The van der Waals surface area contributed by atoms with Gasteiger partial charge < -0.3 is 10.2 Å². The minimum Gasteiger partial charge on any atom is -0.464 e. The maximum absolute atomic E-state index is 12.7. The fourth-order valence-electron chi connectivity index (χ4n) is 1.73. The smallest absolute Gasteiger partial charge is 0.417 e. The molecule has 1 aromatic heterocycles. The van der Waals surface area contributed by atoms with Crippen LogP contribution in [0.1, 0.15) is 11.1 Å². The molecule has 0 unspecified atom stereocenters. The van der Waals surface area contributed by atoms with Crippen LogP contribution in [0.15, 0.2) is 28.9 Å². The van der Waals surface area contributed by atoms with Crippen molar-refractivity contribution < 1.29 is 17.6 Å². The number of hydrogen-bond donors (Lipinski definition) is 1. The number of hydrogen-bond acceptors (Lipinski definition) is 2. The molecule has 0 saturated heterocycles. The van der Waals surface area contributed by atoms with Crippen molar-refractivity contribution in [3.8, 4) is 0 Å². The molecule has 0 spiro atoms. The van der Waals surface area contributed by atoms with Crippen LogP contribution in [0.25, 0.3) is 11.0 Å². The summed E-state index contributed by atoms with van der Waals surface area (Å²) in [7, 11) is 0. The second-order valence-electron chi connectivity index (χ2n) is 3.48. The molecule has 2 nitrogen and oxygen atoms in total. The topological polar surface area (TPSA) is 39.2 Å². The fourth-order valence-corrected chi connectivity index (χ4v) is 1.73. The molecule has 0 aliphatic heterocycles. The molecule has 2 N–H and O–H groups in total. The molecule has 1 aromatic carbocycles. The Balaban J connectivity index is 2.68. The molecule has 0 radical (unpaired) electrons. The Bertz CT molecular complexity index is 501. The van der Waals surface area contributed by atoms with Gasteiger partial charge in [0.15, 0.2) is 0 Å². The highest BCUT2D eigenvalue weighted by Crippen LogP contribution is 2.37. The highest BCUT2D eigenvalue weighted by Gasteiger charge is 2.33. The zero-order chi connectivity index (χ0) is 11.8. The van der Waals surface area contributed by atoms with Crippen LogP contribution in [0.2, 0.25) is 0 Å². The third-order valence-electron chi connectivity index (χ3n) is 2.39. The first-order valence-corrected chi connectivity index (χ1v) is 4.80. The third-order valence-corrected chi connectivity index (χ3v) is 2.39. The minimum atomic E-state index is -4.37. The summed E-state index contributed by atoms with van der Waals surface area (Å²) in [5, 5.41) is 0.125. The number of halogens is 3. The standard InChI is InChI=1S/C11H10F3NO/c12-11(13,14)8-2-1-3-9-10(8)7(4-5-15)6-16-9/h1-3,6H,4-5,15H2. The summed E-state index contributed by atoms with van der Waals surface area (Å²) < 4.78 is 43.3. The highest BCUT2D eigenvalue weighted by atomic mass is 19.4. The van der Waals surface area contributed by atoms with Crippen LogP contribution < -0.4 is 5.73 Å². The van der Waals surface area contributed by atoms with E-state index in [-0.39, 0.29) is 11.0 Å². The van der Waals surface area contributed by atoms with Crippen LogP contribution in [0.4, 0.5) is 13.2 Å². The van der Waals surface area contributed by atoms with Crippen molar-refractivity contribution >= 4 is 11.0 Å². The predicted octanol–water partition coefficient (Wildman–Crippen LogP) is 2.95. The first kappa shape index (κ1) is 11.0. The van der Waals surface area contributed by atoms with Crippen LogP contribution >= 0.6 is 0 Å². The van der Waals surface area contributed by atoms with Gasteiger partial charge in [-0.1, -0.05) is 6.07 Å². The molecular formula is C11H10F3NO. The summed E-state index contributed by atoms with van der Waals surface area (Å²) >= 11 is 0. The van der Waals surface area contributed by atoms with Gasteiger partial charge in [0.1, 0.15) is 5.58 Å². The van der Waals surface area contributed by atoms with Gasteiger partial charge in [0.2, 0.25) is 0 Å². The van der Waals surface area contributed by atoms with E-state index in [9.17, 15) is 13.2 Å². The summed E-state index contributed by atoms with van der Waals surface area (Å²) in [6.07, 6.45) is -2.65. The van der Waals surface area contributed by atoms with Crippen molar-refractivity contribution in [1.29, 1.82) is 0 Å². The normalized spacial score (nSPS) is 12.2. The summed E-state index contributed by atoms with van der Waals surface area (Å²) in [5.41, 5.74) is 5.44. The van der Waals surface area contributed by atoms with Crippen molar-refractivity contribution in [2.45, 2.75) is 12.6 Å². The zero-order valence-corrected chi connectivity index (χ0v) is 8.34. The predicted molar refractivity (Wildman–Crippen MR) is 54.0 cm³/mol. The third kappa shape index (κ3) is 1.78. The lowest BCUT2D eigenvalue weighted by atomic mass is 10.0. The molecular weight excluding hydrogens is 219 g/mol. The molecule has 5 heteroatoms. The molecule has 0 aliphatic rings. The Kier molecular flexibility index (Phi) is 2.63. The van der Waals surface area contributed by atoms with Crippen LogP contribution in [-0.4, -0.2) is 6.54 Å². The van der Waals surface area contributed by atoms with Gasteiger partial charge in [-0.05, 0) is 25.1 Å². The maximum Gasteiger partial charge on any atom is 0.417 e. The van der Waals surface area contributed by atoms with Gasteiger partial charge in [0.25, 0.3) is 0 Å². The molecule has 0 aliphatic carbocycles. The van der Waals surface area contributed by atoms with Crippen LogP contribution in [-0.2, 0) is 12.6 Å². The van der Waals surface area contributed by atoms with Crippen molar-refractivity contribution in [3.05, 3.63) is 35.6 Å². The Morgan fingerprint density at radius 1 is 1.25 bits per heavy atom. The largest absolute Gasteiger partial charge is 0.464 e. The fraction of sp³-hybridized carbons (Fsp3) is 0.273. The van der Waals surface area contributed by atoms with E-state index in [1.54, 1.807) is 0 Å². The molecule has 0 fully saturated rings. The monoisotopic (exact) mass is 229 g/mol. The first-order chi connectivity index (χ1) is 7.54. The van der Waals surface area contributed by atoms with E-state index in [1.165, 1.54) is 18.4 Å². The Hall–Kier alpha value is -1.49. The van der Waals surface area contributed by atoms with Gasteiger partial charge in [-0.3, -0.25) is 0 Å². The van der Waals surface area contributed by atoms with Gasteiger partial charge in [-0.2, -0.15) is 13.2 Å². The van der Waals surface area contributed by atoms with E-state index in [0.29, 0.717) is 18.5 Å². The molecule has 0 saturated carbocycles. The van der Waals surface area contributed by atoms with Crippen molar-refractivity contribution in [2.75, 3.05) is 6.54 Å². The van der Waals surface area contributed by atoms with E-state index in [4.69, 9.17) is 10.2 Å². The molecule has 2 rings (SSSR count). The van der Waals surface area contributed by atoms with Crippen LogP contribution in [0.5, 0.6) is 0 Å². The lowest BCUT2D eigenvalue weighted by Gasteiger charge is -2.08. The van der Waals surface area contributed by atoms with E-state index in [0.717, 1.165) is 6.07 Å². The zero-order valence-electron chi connectivity index (χ0n) is 8.34. The SMILES string of the molecule is NCCc1coc2cccc(C(F)(F)F)c12. The van der Waals surface area contributed by atoms with E-state index in [2.05, 4.69) is 0 Å². The molecule has 0 amide bonds. The van der Waals surface area contributed by atoms with Crippen LogP contribution in [0, 0.1) is 0 Å². The van der Waals surface area contributed by atoms with E-state index < -0.39 is 11.7 Å². The minimum absolute atomic E-state index is 0.125. The van der Waals surface area contributed by atoms with E-state index in [1.807, 2.05) is 0 Å². The number of rotatable bonds is 2. The molecule has 86 valence electrons. The number of benzene rings is 1. The lowest BCUT2D eigenvalue weighted by molar-refractivity contribution is -0.136. The van der Waals surface area contributed by atoms with Gasteiger partial charge in [-0.25, -0.2) is 0 Å². The molecule has 2 aromatic rings.